The molecule has 2 aromatic rings. The molecule has 0 spiro atoms. The molecule has 8 heteroatoms. The molecular weight excluding hydrogens is 380 g/mol. The van der Waals surface area contributed by atoms with Crippen molar-refractivity contribution >= 4 is 39.4 Å². The second-order valence-corrected chi connectivity index (χ2v) is 5.64. The smallest absolute Gasteiger partial charge is 0.337 e. The van der Waals surface area contributed by atoms with Gasteiger partial charge in [0.25, 0.3) is 5.91 Å². The first-order chi connectivity index (χ1) is 11.4. The molecule has 0 saturated heterocycles. The molecule has 24 heavy (non-hydrogen) atoms. The lowest BCUT2D eigenvalue weighted by molar-refractivity contribution is -0.115. The second kappa shape index (κ2) is 7.78. The first-order valence-corrected chi connectivity index (χ1v) is 7.72. The van der Waals surface area contributed by atoms with Gasteiger partial charge in [0.2, 0.25) is 5.91 Å². The zero-order valence-corrected chi connectivity index (χ0v) is 14.6. The average Bonchev–Trinajstić information content (AvgIpc) is 3.00. The van der Waals surface area contributed by atoms with Gasteiger partial charge in [-0.25, -0.2) is 4.79 Å². The van der Waals surface area contributed by atoms with Crippen LogP contribution in [0.4, 0.5) is 5.69 Å². The van der Waals surface area contributed by atoms with Crippen molar-refractivity contribution in [3.63, 3.8) is 0 Å². The van der Waals surface area contributed by atoms with Gasteiger partial charge in [0.05, 0.1) is 19.2 Å². The molecule has 0 radical (unpaired) electrons. The van der Waals surface area contributed by atoms with Crippen LogP contribution in [0.15, 0.2) is 39.4 Å². The summed E-state index contributed by atoms with van der Waals surface area (Å²) in [6.45, 7) is 1.55. The largest absolute Gasteiger partial charge is 0.465 e. The molecule has 2 rings (SSSR count). The Labute approximate surface area is 146 Å². The summed E-state index contributed by atoms with van der Waals surface area (Å²) in [6.07, 6.45) is 0. The van der Waals surface area contributed by atoms with Gasteiger partial charge in [0.1, 0.15) is 0 Å². The van der Waals surface area contributed by atoms with E-state index in [1.807, 2.05) is 0 Å². The summed E-state index contributed by atoms with van der Waals surface area (Å²) < 4.78 is 10.2. The second-order valence-electron chi connectivity index (χ2n) is 4.86. The van der Waals surface area contributed by atoms with Crippen molar-refractivity contribution in [1.82, 2.24) is 5.32 Å². The van der Waals surface area contributed by atoms with Crippen molar-refractivity contribution in [3.8, 4) is 0 Å². The molecule has 0 aliphatic heterocycles. The van der Waals surface area contributed by atoms with Crippen LogP contribution in [0.3, 0.4) is 0 Å². The maximum atomic E-state index is 12.0. The van der Waals surface area contributed by atoms with Gasteiger partial charge in [-0.3, -0.25) is 9.59 Å². The van der Waals surface area contributed by atoms with Gasteiger partial charge >= 0.3 is 5.97 Å². The van der Waals surface area contributed by atoms with Gasteiger partial charge in [-0.15, -0.1) is 0 Å². The number of aryl methyl sites for hydroxylation is 1. The third-order valence-electron chi connectivity index (χ3n) is 3.14. The van der Waals surface area contributed by atoms with E-state index in [1.165, 1.54) is 19.2 Å². The Hall–Kier alpha value is -2.61. The molecule has 2 N–H and O–H groups in total. The Morgan fingerprint density at radius 1 is 1.21 bits per heavy atom. The summed E-state index contributed by atoms with van der Waals surface area (Å²) >= 11 is 3.09. The van der Waals surface area contributed by atoms with E-state index < -0.39 is 17.8 Å². The van der Waals surface area contributed by atoms with E-state index in [2.05, 4.69) is 31.3 Å². The third kappa shape index (κ3) is 4.45. The molecule has 1 heterocycles. The lowest BCUT2D eigenvalue weighted by Crippen LogP contribution is -2.32. The van der Waals surface area contributed by atoms with Crippen molar-refractivity contribution < 1.29 is 23.5 Å². The lowest BCUT2D eigenvalue weighted by Gasteiger charge is -2.10. The highest BCUT2D eigenvalue weighted by atomic mass is 79.9. The van der Waals surface area contributed by atoms with Gasteiger partial charge in [0, 0.05) is 5.69 Å². The maximum absolute atomic E-state index is 12.0. The molecule has 0 saturated carbocycles. The number of hydrogen-bond donors (Lipinski definition) is 2. The molecule has 0 atom stereocenters. The Kier molecular flexibility index (Phi) is 5.75. The summed E-state index contributed by atoms with van der Waals surface area (Å²) in [4.78, 5) is 35.3. The molecular formula is C16H15BrN2O5. The fourth-order valence-corrected chi connectivity index (χ4v) is 2.19. The number of halogens is 1. The first kappa shape index (κ1) is 17.7. The van der Waals surface area contributed by atoms with Crippen molar-refractivity contribution in [3.05, 3.63) is 51.9 Å². The number of furan rings is 1. The quantitative estimate of drug-likeness (QED) is 0.759. The summed E-state index contributed by atoms with van der Waals surface area (Å²) in [5.74, 6) is -1.34. The minimum atomic E-state index is -0.504. The average molecular weight is 395 g/mol. The maximum Gasteiger partial charge on any atom is 0.337 e. The summed E-state index contributed by atoms with van der Waals surface area (Å²) in [5, 5.41) is 5.08. The fraction of sp³-hybridized carbons (Fsp3) is 0.188. The van der Waals surface area contributed by atoms with Gasteiger partial charge in [0.15, 0.2) is 10.4 Å². The zero-order chi connectivity index (χ0) is 17.7. The summed E-state index contributed by atoms with van der Waals surface area (Å²) in [6, 6.07) is 7.89. The monoisotopic (exact) mass is 394 g/mol. The van der Waals surface area contributed by atoms with E-state index in [9.17, 15) is 14.4 Å². The molecule has 7 nitrogen and oxygen atoms in total. The van der Waals surface area contributed by atoms with Crippen LogP contribution in [0.5, 0.6) is 0 Å². The number of methoxy groups -OCH3 is 1. The topological polar surface area (TPSA) is 97.6 Å². The van der Waals surface area contributed by atoms with Gasteiger partial charge in [-0.2, -0.15) is 0 Å². The molecule has 0 aliphatic carbocycles. The van der Waals surface area contributed by atoms with Crippen molar-refractivity contribution in [2.75, 3.05) is 19.0 Å². The molecule has 0 aliphatic rings. The number of benzene rings is 1. The highest BCUT2D eigenvalue weighted by Crippen LogP contribution is 2.17. The highest BCUT2D eigenvalue weighted by molar-refractivity contribution is 9.10. The normalized spacial score (nSPS) is 10.1. The van der Waals surface area contributed by atoms with E-state index in [-0.39, 0.29) is 12.3 Å². The SMILES string of the molecule is COC(=O)c1ccc(C)c(NC(=O)CNC(=O)c2ccc(Br)o2)c1. The first-order valence-electron chi connectivity index (χ1n) is 6.93. The number of hydrogen-bond acceptors (Lipinski definition) is 5. The molecule has 1 aromatic carbocycles. The van der Waals surface area contributed by atoms with Crippen LogP contribution in [-0.4, -0.2) is 31.4 Å². The minimum Gasteiger partial charge on any atom is -0.465 e. The standard InChI is InChI=1S/C16H15BrN2O5/c1-9-3-4-10(16(22)23-2)7-11(9)19-14(20)8-18-15(21)12-5-6-13(17)24-12/h3-7H,8H2,1-2H3,(H,18,21)(H,19,20). The Balaban J connectivity index is 1.97. The molecule has 126 valence electrons. The van der Waals surface area contributed by atoms with Crippen LogP contribution >= 0.6 is 15.9 Å². The number of carbonyl (C=O) groups excluding carboxylic acids is 3. The van der Waals surface area contributed by atoms with Gasteiger partial charge in [-0.1, -0.05) is 6.07 Å². The minimum absolute atomic E-state index is 0.0959. The van der Waals surface area contributed by atoms with Crippen LogP contribution in [0.1, 0.15) is 26.5 Å². The van der Waals surface area contributed by atoms with E-state index in [4.69, 9.17) is 4.42 Å². The number of nitrogens with one attached hydrogen (secondary N) is 2. The van der Waals surface area contributed by atoms with Crippen LogP contribution in [0.2, 0.25) is 0 Å². The third-order valence-corrected chi connectivity index (χ3v) is 3.57. The number of ether oxygens (including phenoxy) is 1. The number of amides is 2. The molecule has 2 amide bonds. The predicted octanol–water partition coefficient (Wildman–Crippen LogP) is 2.51. The predicted molar refractivity (Wildman–Crippen MR) is 89.9 cm³/mol. The molecule has 1 aromatic heterocycles. The van der Waals surface area contributed by atoms with E-state index in [1.54, 1.807) is 25.1 Å². The van der Waals surface area contributed by atoms with E-state index >= 15 is 0 Å². The van der Waals surface area contributed by atoms with Gasteiger partial charge < -0.3 is 19.8 Å². The number of esters is 1. The highest BCUT2D eigenvalue weighted by Gasteiger charge is 2.13. The van der Waals surface area contributed by atoms with Crippen LogP contribution in [0, 0.1) is 6.92 Å². The van der Waals surface area contributed by atoms with Crippen LogP contribution in [0.25, 0.3) is 0 Å². The Morgan fingerprint density at radius 2 is 1.96 bits per heavy atom. The number of rotatable bonds is 5. The zero-order valence-electron chi connectivity index (χ0n) is 13.0. The van der Waals surface area contributed by atoms with E-state index in [0.717, 1.165) is 5.56 Å². The lowest BCUT2D eigenvalue weighted by atomic mass is 10.1. The van der Waals surface area contributed by atoms with Gasteiger partial charge in [-0.05, 0) is 52.7 Å². The van der Waals surface area contributed by atoms with Crippen LogP contribution in [-0.2, 0) is 9.53 Å². The molecule has 0 bridgehead atoms. The van der Waals surface area contributed by atoms with Crippen molar-refractivity contribution in [1.29, 1.82) is 0 Å². The van der Waals surface area contributed by atoms with E-state index in [0.29, 0.717) is 15.9 Å². The van der Waals surface area contributed by atoms with Crippen LogP contribution < -0.4 is 10.6 Å². The number of carbonyl (C=O) groups is 3. The Bertz CT molecular complexity index is 785. The van der Waals surface area contributed by atoms with Crippen molar-refractivity contribution in [2.45, 2.75) is 6.92 Å². The molecule has 0 fully saturated rings. The number of anilines is 1. The van der Waals surface area contributed by atoms with Crippen molar-refractivity contribution in [2.24, 2.45) is 0 Å². The fourth-order valence-electron chi connectivity index (χ4n) is 1.88. The summed E-state index contributed by atoms with van der Waals surface area (Å²) in [7, 11) is 1.28. The molecule has 0 unspecified atom stereocenters. The Morgan fingerprint density at radius 3 is 2.58 bits per heavy atom. The summed E-state index contributed by atoms with van der Waals surface area (Å²) in [5.41, 5.74) is 1.57.